The molecule has 0 aliphatic carbocycles. The van der Waals surface area contributed by atoms with Crippen LogP contribution in [0.1, 0.15) is 32.9 Å². The molecule has 0 bridgehead atoms. The highest BCUT2D eigenvalue weighted by Gasteiger charge is 2.14. The second-order valence-corrected chi connectivity index (χ2v) is 8.35. The summed E-state index contributed by atoms with van der Waals surface area (Å²) in [5, 5.41) is 12.3. The van der Waals surface area contributed by atoms with Crippen LogP contribution in [0.2, 0.25) is 0 Å². The standard InChI is InChI=1S/C28H25N5O2/c1-18-11-13-20(14-12-18)17-35-27-10-6-4-8-22(27)25-15-26(32-31-25)28(34)33-29-16-23-19(2)30-24-9-5-3-7-21(23)24/h3-16,30H,17H2,1-2H3,(H,31,32)(H,33,34)/b29-16+. The number of para-hydroxylation sites is 2. The van der Waals surface area contributed by atoms with Crippen LogP contribution in [-0.2, 0) is 6.61 Å². The molecule has 1 amide bonds. The van der Waals surface area contributed by atoms with Gasteiger partial charge < -0.3 is 9.72 Å². The predicted molar refractivity (Wildman–Crippen MR) is 138 cm³/mol. The third kappa shape index (κ3) is 4.84. The van der Waals surface area contributed by atoms with E-state index in [0.29, 0.717) is 23.7 Å². The molecule has 174 valence electrons. The maximum absolute atomic E-state index is 12.7. The molecular weight excluding hydrogens is 438 g/mol. The zero-order valence-corrected chi connectivity index (χ0v) is 19.5. The average molecular weight is 464 g/mol. The number of aromatic nitrogens is 3. The molecule has 5 rings (SSSR count). The van der Waals surface area contributed by atoms with Crippen LogP contribution in [-0.4, -0.2) is 27.3 Å². The molecule has 0 unspecified atom stereocenters. The number of H-pyrrole nitrogens is 2. The molecule has 2 heterocycles. The van der Waals surface area contributed by atoms with Gasteiger partial charge in [0.05, 0.1) is 11.9 Å². The van der Waals surface area contributed by atoms with Gasteiger partial charge in [0.15, 0.2) is 0 Å². The highest BCUT2D eigenvalue weighted by atomic mass is 16.5. The number of hydrogen-bond donors (Lipinski definition) is 3. The van der Waals surface area contributed by atoms with E-state index in [-0.39, 0.29) is 5.91 Å². The number of aryl methyl sites for hydroxylation is 2. The summed E-state index contributed by atoms with van der Waals surface area (Å²) in [6.07, 6.45) is 1.65. The van der Waals surface area contributed by atoms with Gasteiger partial charge in [0.25, 0.3) is 5.91 Å². The third-order valence-corrected chi connectivity index (χ3v) is 5.80. The Labute approximate surface area is 202 Å². The molecular formula is C28H25N5O2. The number of carbonyl (C=O) groups is 1. The Kier molecular flexibility index (Phi) is 6.13. The zero-order valence-electron chi connectivity index (χ0n) is 19.5. The van der Waals surface area contributed by atoms with Crippen molar-refractivity contribution in [1.82, 2.24) is 20.6 Å². The molecule has 0 aliphatic rings. The number of nitrogens with one attached hydrogen (secondary N) is 3. The Hall–Kier alpha value is -4.65. The monoisotopic (exact) mass is 463 g/mol. The van der Waals surface area contributed by atoms with Gasteiger partial charge in [0.1, 0.15) is 18.1 Å². The Morgan fingerprint density at radius 2 is 1.80 bits per heavy atom. The highest BCUT2D eigenvalue weighted by molar-refractivity contribution is 6.01. The summed E-state index contributed by atoms with van der Waals surface area (Å²) in [5.74, 6) is 0.315. The molecule has 2 aromatic heterocycles. The van der Waals surface area contributed by atoms with E-state index in [9.17, 15) is 4.79 Å². The molecule has 0 saturated heterocycles. The third-order valence-electron chi connectivity index (χ3n) is 5.80. The number of nitrogens with zero attached hydrogens (tertiary/aromatic N) is 2. The number of hydrogen-bond acceptors (Lipinski definition) is 4. The number of amides is 1. The minimum Gasteiger partial charge on any atom is -0.488 e. The summed E-state index contributed by atoms with van der Waals surface area (Å²) in [6, 6.07) is 25.5. The minimum atomic E-state index is -0.379. The van der Waals surface area contributed by atoms with Crippen LogP contribution >= 0.6 is 0 Å². The molecule has 0 fully saturated rings. The highest BCUT2D eigenvalue weighted by Crippen LogP contribution is 2.29. The smallest absolute Gasteiger partial charge is 0.289 e. The first-order valence-corrected chi connectivity index (χ1v) is 11.3. The van der Waals surface area contributed by atoms with E-state index in [1.807, 2.05) is 67.6 Å². The van der Waals surface area contributed by atoms with Crippen molar-refractivity contribution in [1.29, 1.82) is 0 Å². The maximum atomic E-state index is 12.7. The molecule has 3 N–H and O–H groups in total. The fraction of sp³-hybridized carbons (Fsp3) is 0.107. The van der Waals surface area contributed by atoms with Gasteiger partial charge in [-0.2, -0.15) is 10.2 Å². The molecule has 7 nitrogen and oxygen atoms in total. The van der Waals surface area contributed by atoms with Gasteiger partial charge in [0.2, 0.25) is 0 Å². The van der Waals surface area contributed by atoms with Crippen LogP contribution in [0, 0.1) is 13.8 Å². The fourth-order valence-electron chi connectivity index (χ4n) is 3.91. The Balaban J connectivity index is 1.28. The van der Waals surface area contributed by atoms with Crippen molar-refractivity contribution in [3.63, 3.8) is 0 Å². The number of aromatic amines is 2. The van der Waals surface area contributed by atoms with Gasteiger partial charge in [-0.3, -0.25) is 9.89 Å². The molecule has 0 radical (unpaired) electrons. The van der Waals surface area contributed by atoms with E-state index in [1.54, 1.807) is 12.3 Å². The van der Waals surface area contributed by atoms with Crippen molar-refractivity contribution in [2.45, 2.75) is 20.5 Å². The normalized spacial score (nSPS) is 11.3. The average Bonchev–Trinajstić information content (AvgIpc) is 3.49. The lowest BCUT2D eigenvalue weighted by Gasteiger charge is -2.10. The van der Waals surface area contributed by atoms with Gasteiger partial charge in [-0.25, -0.2) is 5.43 Å². The number of benzene rings is 3. The molecule has 0 aliphatic heterocycles. The fourth-order valence-corrected chi connectivity index (χ4v) is 3.91. The second kappa shape index (κ2) is 9.69. The van der Waals surface area contributed by atoms with Gasteiger partial charge >= 0.3 is 0 Å². The SMILES string of the molecule is Cc1ccc(COc2ccccc2-c2cc(C(=O)N/N=C/c3c(C)[nH]c4ccccc34)[nH]n2)cc1. The minimum absolute atomic E-state index is 0.307. The van der Waals surface area contributed by atoms with E-state index < -0.39 is 0 Å². The van der Waals surface area contributed by atoms with Crippen molar-refractivity contribution in [2.75, 3.05) is 0 Å². The van der Waals surface area contributed by atoms with E-state index >= 15 is 0 Å². The summed E-state index contributed by atoms with van der Waals surface area (Å²) >= 11 is 0. The van der Waals surface area contributed by atoms with E-state index in [2.05, 4.69) is 44.8 Å². The second-order valence-electron chi connectivity index (χ2n) is 8.35. The zero-order chi connectivity index (χ0) is 24.2. The Morgan fingerprint density at radius 1 is 1.03 bits per heavy atom. The van der Waals surface area contributed by atoms with Crippen LogP contribution in [0.5, 0.6) is 5.75 Å². The van der Waals surface area contributed by atoms with Crippen LogP contribution < -0.4 is 10.2 Å². The van der Waals surface area contributed by atoms with Crippen molar-refractivity contribution < 1.29 is 9.53 Å². The Bertz CT molecular complexity index is 1510. The topological polar surface area (TPSA) is 95.2 Å². The first-order valence-electron chi connectivity index (χ1n) is 11.3. The first kappa shape index (κ1) is 22.2. The summed E-state index contributed by atoms with van der Waals surface area (Å²) < 4.78 is 6.06. The molecule has 0 spiro atoms. The molecule has 3 aromatic carbocycles. The van der Waals surface area contributed by atoms with Gasteiger partial charge in [-0.1, -0.05) is 60.2 Å². The molecule has 7 heteroatoms. The number of rotatable bonds is 7. The van der Waals surface area contributed by atoms with Crippen LogP contribution in [0.25, 0.3) is 22.2 Å². The lowest BCUT2D eigenvalue weighted by molar-refractivity contribution is 0.0950. The van der Waals surface area contributed by atoms with E-state index in [4.69, 9.17) is 4.74 Å². The van der Waals surface area contributed by atoms with Gasteiger partial charge in [-0.05, 0) is 43.7 Å². The Morgan fingerprint density at radius 3 is 2.66 bits per heavy atom. The van der Waals surface area contributed by atoms with Gasteiger partial charge in [0, 0.05) is 27.7 Å². The van der Waals surface area contributed by atoms with Crippen LogP contribution in [0.4, 0.5) is 0 Å². The maximum Gasteiger partial charge on any atom is 0.289 e. The van der Waals surface area contributed by atoms with Crippen molar-refractivity contribution >= 4 is 23.0 Å². The molecule has 0 atom stereocenters. The molecule has 0 saturated carbocycles. The summed E-state index contributed by atoms with van der Waals surface area (Å²) in [6.45, 7) is 4.47. The lowest BCUT2D eigenvalue weighted by atomic mass is 10.1. The van der Waals surface area contributed by atoms with Crippen LogP contribution in [0.3, 0.4) is 0 Å². The van der Waals surface area contributed by atoms with Crippen LogP contribution in [0.15, 0.2) is 84.0 Å². The number of hydrazone groups is 1. The quantitative estimate of drug-likeness (QED) is 0.219. The van der Waals surface area contributed by atoms with E-state index in [1.165, 1.54) is 5.56 Å². The van der Waals surface area contributed by atoms with E-state index in [0.717, 1.165) is 33.3 Å². The van der Waals surface area contributed by atoms with Crippen molar-refractivity contribution in [3.8, 4) is 17.0 Å². The number of carbonyl (C=O) groups excluding carboxylic acids is 1. The largest absolute Gasteiger partial charge is 0.488 e. The van der Waals surface area contributed by atoms with Crippen molar-refractivity contribution in [2.24, 2.45) is 5.10 Å². The van der Waals surface area contributed by atoms with Gasteiger partial charge in [-0.15, -0.1) is 0 Å². The first-order chi connectivity index (χ1) is 17.1. The number of fused-ring (bicyclic) bond motifs is 1. The lowest BCUT2D eigenvalue weighted by Crippen LogP contribution is -2.18. The van der Waals surface area contributed by atoms with Crippen molar-refractivity contribution in [3.05, 3.63) is 107 Å². The summed E-state index contributed by atoms with van der Waals surface area (Å²) in [4.78, 5) is 16.0. The summed E-state index contributed by atoms with van der Waals surface area (Å²) in [5.41, 5.74) is 9.53. The predicted octanol–water partition coefficient (Wildman–Crippen LogP) is 5.52. The molecule has 5 aromatic rings. The summed E-state index contributed by atoms with van der Waals surface area (Å²) in [7, 11) is 0. The molecule has 35 heavy (non-hydrogen) atoms. The number of ether oxygens (including phenoxy) is 1.